The number of nitrogens with zero attached hydrogens (tertiary/aromatic N) is 2. The van der Waals surface area contributed by atoms with Gasteiger partial charge in [0.2, 0.25) is 0 Å². The summed E-state index contributed by atoms with van der Waals surface area (Å²) in [6.07, 6.45) is 1.81. The summed E-state index contributed by atoms with van der Waals surface area (Å²) in [7, 11) is 3.38. The molecule has 98 valence electrons. The van der Waals surface area contributed by atoms with Crippen molar-refractivity contribution in [3.8, 4) is 0 Å². The minimum atomic E-state index is 0.0382. The van der Waals surface area contributed by atoms with Crippen LogP contribution in [0.5, 0.6) is 0 Å². The van der Waals surface area contributed by atoms with Crippen LogP contribution in [-0.2, 0) is 9.47 Å². The van der Waals surface area contributed by atoms with Gasteiger partial charge in [-0.25, -0.2) is 4.98 Å². The number of hydrogen-bond donors (Lipinski definition) is 1. The van der Waals surface area contributed by atoms with Crippen LogP contribution in [0, 0.1) is 0 Å². The number of methoxy groups -OCH3 is 2. The third kappa shape index (κ3) is 2.45. The lowest BCUT2D eigenvalue weighted by atomic mass is 10.2. The Bertz CT molecular complexity index is 429. The normalized spacial score (nSPS) is 23.3. The maximum absolute atomic E-state index is 5.72. The zero-order valence-corrected chi connectivity index (χ0v) is 11.3. The highest BCUT2D eigenvalue weighted by Gasteiger charge is 2.34. The minimum Gasteiger partial charge on any atom is -0.389 e. The Hall–Kier alpha value is -1.24. The van der Waals surface area contributed by atoms with Gasteiger partial charge in [-0.15, -0.1) is 0 Å². The van der Waals surface area contributed by atoms with Gasteiger partial charge in [0, 0.05) is 33.5 Å². The first kappa shape index (κ1) is 13.2. The largest absolute Gasteiger partial charge is 0.389 e. The molecule has 6 heteroatoms. The number of nitrogens with two attached hydrogens (primary N) is 1. The Kier molecular flexibility index (Phi) is 4.11. The smallest absolute Gasteiger partial charge is 0.138 e. The lowest BCUT2D eigenvalue weighted by molar-refractivity contribution is -0.00461. The Balaban J connectivity index is 2.26. The van der Waals surface area contributed by atoms with Crippen molar-refractivity contribution in [2.45, 2.75) is 12.2 Å². The van der Waals surface area contributed by atoms with Crippen molar-refractivity contribution in [2.24, 2.45) is 5.73 Å². The number of thiocarbonyl (C=S) groups is 1. The third-order valence-electron chi connectivity index (χ3n) is 3.17. The zero-order chi connectivity index (χ0) is 13.1. The van der Waals surface area contributed by atoms with E-state index in [1.807, 2.05) is 12.1 Å². The second-order valence-electron chi connectivity index (χ2n) is 4.19. The molecule has 1 aromatic rings. The Morgan fingerprint density at radius 3 is 2.50 bits per heavy atom. The zero-order valence-electron chi connectivity index (χ0n) is 10.5. The fourth-order valence-corrected chi connectivity index (χ4v) is 2.37. The van der Waals surface area contributed by atoms with E-state index >= 15 is 0 Å². The molecule has 2 N–H and O–H groups in total. The molecule has 1 fully saturated rings. The highest BCUT2D eigenvalue weighted by atomic mass is 32.1. The van der Waals surface area contributed by atoms with Crippen molar-refractivity contribution in [2.75, 3.05) is 32.2 Å². The lowest BCUT2D eigenvalue weighted by Crippen LogP contribution is -2.27. The molecule has 0 saturated carbocycles. The topological polar surface area (TPSA) is 60.6 Å². The molecule has 2 rings (SSSR count). The van der Waals surface area contributed by atoms with E-state index in [0.717, 1.165) is 24.5 Å². The van der Waals surface area contributed by atoms with E-state index in [1.54, 1.807) is 20.4 Å². The molecule has 0 radical (unpaired) electrons. The first-order valence-electron chi connectivity index (χ1n) is 5.72. The Labute approximate surface area is 112 Å². The number of ether oxygens (including phenoxy) is 2. The molecule has 1 aliphatic heterocycles. The molecule has 1 saturated heterocycles. The fraction of sp³-hybridized carbons (Fsp3) is 0.500. The van der Waals surface area contributed by atoms with Crippen LogP contribution < -0.4 is 10.6 Å². The predicted octanol–water partition coefficient (Wildman–Crippen LogP) is 0.566. The number of hydrogen-bond acceptors (Lipinski definition) is 5. The van der Waals surface area contributed by atoms with Crippen LogP contribution in [0.2, 0.25) is 0 Å². The molecule has 2 heterocycles. The molecule has 0 bridgehead atoms. The molecule has 18 heavy (non-hydrogen) atoms. The minimum absolute atomic E-state index is 0.0382. The monoisotopic (exact) mass is 267 g/mol. The second-order valence-corrected chi connectivity index (χ2v) is 4.63. The van der Waals surface area contributed by atoms with Crippen molar-refractivity contribution in [1.82, 2.24) is 4.98 Å². The van der Waals surface area contributed by atoms with E-state index < -0.39 is 0 Å². The average Bonchev–Trinajstić information content (AvgIpc) is 2.81. The molecule has 0 amide bonds. The van der Waals surface area contributed by atoms with Crippen LogP contribution in [0.4, 0.5) is 5.82 Å². The average molecular weight is 267 g/mol. The molecule has 1 aliphatic rings. The summed E-state index contributed by atoms with van der Waals surface area (Å²) >= 11 is 5.05. The number of rotatable bonds is 4. The molecule has 0 spiro atoms. The van der Waals surface area contributed by atoms with Gasteiger partial charge in [0.05, 0.1) is 5.56 Å². The van der Waals surface area contributed by atoms with Crippen LogP contribution in [0.3, 0.4) is 0 Å². The van der Waals surface area contributed by atoms with E-state index in [-0.39, 0.29) is 12.2 Å². The SMILES string of the molecule is COC1CN(c2ncccc2C(N)=S)CC1OC. The second kappa shape index (κ2) is 5.60. The van der Waals surface area contributed by atoms with Crippen LogP contribution in [0.15, 0.2) is 18.3 Å². The molecule has 0 aliphatic carbocycles. The number of anilines is 1. The van der Waals surface area contributed by atoms with Crippen LogP contribution in [0.1, 0.15) is 5.56 Å². The highest BCUT2D eigenvalue weighted by Crippen LogP contribution is 2.24. The standard InChI is InChI=1S/C12H17N3O2S/c1-16-9-6-15(7-10(9)17-2)12-8(11(13)18)4-3-5-14-12/h3-5,9-10H,6-7H2,1-2H3,(H2,13,18). The first-order chi connectivity index (χ1) is 8.67. The summed E-state index contributed by atoms with van der Waals surface area (Å²) in [4.78, 5) is 6.82. The maximum atomic E-state index is 5.72. The third-order valence-corrected chi connectivity index (χ3v) is 3.39. The fourth-order valence-electron chi connectivity index (χ4n) is 2.21. The van der Waals surface area contributed by atoms with E-state index in [2.05, 4.69) is 9.88 Å². The van der Waals surface area contributed by atoms with Gasteiger partial charge in [-0.05, 0) is 12.1 Å². The first-order valence-corrected chi connectivity index (χ1v) is 6.13. The van der Waals surface area contributed by atoms with Gasteiger partial charge < -0.3 is 20.1 Å². The summed E-state index contributed by atoms with van der Waals surface area (Å²) in [5.41, 5.74) is 6.51. The lowest BCUT2D eigenvalue weighted by Gasteiger charge is -2.19. The van der Waals surface area contributed by atoms with Gasteiger partial charge in [0.1, 0.15) is 23.0 Å². The highest BCUT2D eigenvalue weighted by molar-refractivity contribution is 7.80. The molecule has 2 unspecified atom stereocenters. The molecular weight excluding hydrogens is 250 g/mol. The van der Waals surface area contributed by atoms with Gasteiger partial charge in [-0.3, -0.25) is 0 Å². The summed E-state index contributed by atoms with van der Waals surface area (Å²) < 4.78 is 10.8. The molecule has 2 atom stereocenters. The number of aromatic nitrogens is 1. The van der Waals surface area contributed by atoms with Crippen molar-refractivity contribution >= 4 is 23.0 Å². The molecule has 5 nitrogen and oxygen atoms in total. The summed E-state index contributed by atoms with van der Waals surface area (Å²) in [6.45, 7) is 1.45. The quantitative estimate of drug-likeness (QED) is 0.805. The molecular formula is C12H17N3O2S. The van der Waals surface area contributed by atoms with Gasteiger partial charge in [0.15, 0.2) is 0 Å². The van der Waals surface area contributed by atoms with Crippen LogP contribution >= 0.6 is 12.2 Å². The van der Waals surface area contributed by atoms with Crippen molar-refractivity contribution < 1.29 is 9.47 Å². The molecule has 1 aromatic heterocycles. The Morgan fingerprint density at radius 2 is 2.00 bits per heavy atom. The summed E-state index contributed by atoms with van der Waals surface area (Å²) in [5.74, 6) is 0.798. The predicted molar refractivity (Wildman–Crippen MR) is 73.9 cm³/mol. The van der Waals surface area contributed by atoms with Crippen molar-refractivity contribution in [3.05, 3.63) is 23.9 Å². The van der Waals surface area contributed by atoms with Crippen LogP contribution in [0.25, 0.3) is 0 Å². The summed E-state index contributed by atoms with van der Waals surface area (Å²) in [5, 5.41) is 0. The van der Waals surface area contributed by atoms with Crippen LogP contribution in [-0.4, -0.2) is 49.5 Å². The van der Waals surface area contributed by atoms with Gasteiger partial charge in [-0.1, -0.05) is 12.2 Å². The number of pyridine rings is 1. The van der Waals surface area contributed by atoms with Crippen molar-refractivity contribution in [1.29, 1.82) is 0 Å². The van der Waals surface area contributed by atoms with E-state index in [9.17, 15) is 0 Å². The van der Waals surface area contributed by atoms with Gasteiger partial charge in [-0.2, -0.15) is 0 Å². The van der Waals surface area contributed by atoms with Gasteiger partial charge >= 0.3 is 0 Å². The van der Waals surface area contributed by atoms with Gasteiger partial charge in [0.25, 0.3) is 0 Å². The Morgan fingerprint density at radius 1 is 1.39 bits per heavy atom. The van der Waals surface area contributed by atoms with Crippen molar-refractivity contribution in [3.63, 3.8) is 0 Å². The van der Waals surface area contributed by atoms with E-state index in [0.29, 0.717) is 4.99 Å². The summed E-state index contributed by atoms with van der Waals surface area (Å²) in [6, 6.07) is 3.71. The van der Waals surface area contributed by atoms with E-state index in [4.69, 9.17) is 27.4 Å². The van der Waals surface area contributed by atoms with E-state index in [1.165, 1.54) is 0 Å². The maximum Gasteiger partial charge on any atom is 0.138 e. The molecule has 0 aromatic carbocycles.